The summed E-state index contributed by atoms with van der Waals surface area (Å²) < 4.78 is 68.3. The number of ether oxygens (including phenoxy) is 9. The Bertz CT molecular complexity index is 1540. The van der Waals surface area contributed by atoms with Crippen LogP contribution in [0.1, 0.15) is 111 Å². The third-order valence-corrected chi connectivity index (χ3v) is 20.9. The van der Waals surface area contributed by atoms with Crippen LogP contribution in [0.4, 0.5) is 0 Å². The van der Waals surface area contributed by atoms with Gasteiger partial charge in [0, 0.05) is 45.3 Å². The highest BCUT2D eigenvalue weighted by Gasteiger charge is 2.69. The van der Waals surface area contributed by atoms with Crippen LogP contribution >= 0.6 is 0 Å². The fourth-order valence-electron chi connectivity index (χ4n) is 12.1. The van der Waals surface area contributed by atoms with Gasteiger partial charge in [-0.15, -0.1) is 0 Å². The first-order chi connectivity index (χ1) is 28.0. The average Bonchev–Trinajstić information content (AvgIpc) is 3.85. The van der Waals surface area contributed by atoms with Crippen molar-refractivity contribution in [3.8, 4) is 0 Å². The van der Waals surface area contributed by atoms with Gasteiger partial charge in [-0.05, 0) is 93.0 Å². The van der Waals surface area contributed by atoms with Crippen LogP contribution in [0, 0.1) is 11.8 Å². The molecular weight excluding hydrogens is 771 g/mol. The van der Waals surface area contributed by atoms with Crippen molar-refractivity contribution in [2.45, 2.75) is 239 Å². The number of fused-ring (bicyclic) bond motifs is 6. The smallest absolute Gasteiger partial charge is 0.192 e. The number of methoxy groups -OCH3 is 1. The number of aliphatic hydroxyl groups excluding tert-OH is 1. The maximum atomic E-state index is 12.0. The molecule has 0 aromatic carbocycles. The molecule has 10 aliphatic rings. The van der Waals surface area contributed by atoms with Crippen LogP contribution in [0.3, 0.4) is 0 Å². The minimum Gasteiger partial charge on any atom is -0.413 e. The van der Waals surface area contributed by atoms with Crippen molar-refractivity contribution in [3.05, 3.63) is 24.3 Å². The molecule has 1 spiro atoms. The van der Waals surface area contributed by atoms with Crippen molar-refractivity contribution >= 4 is 8.32 Å². The molecule has 0 radical (unpaired) electrons. The summed E-state index contributed by atoms with van der Waals surface area (Å²) in [5, 5.41) is 12.1. The van der Waals surface area contributed by atoms with E-state index in [4.69, 9.17) is 52.8 Å². The summed E-state index contributed by atoms with van der Waals surface area (Å²) in [6, 6.07) is 0. The van der Waals surface area contributed by atoms with Crippen LogP contribution in [-0.2, 0) is 47.1 Å². The highest BCUT2D eigenvalue weighted by Crippen LogP contribution is 2.54. The quantitative estimate of drug-likeness (QED) is 0.231. The molecule has 10 aliphatic heterocycles. The van der Waals surface area contributed by atoms with Crippen molar-refractivity contribution in [3.63, 3.8) is 0 Å². The van der Waals surface area contributed by atoms with Crippen LogP contribution in [0.15, 0.2) is 24.3 Å². The molecule has 12 bridgehead atoms. The van der Waals surface area contributed by atoms with Gasteiger partial charge in [0.2, 0.25) is 0 Å². The molecule has 0 saturated carbocycles. The van der Waals surface area contributed by atoms with E-state index in [-0.39, 0.29) is 109 Å². The Hall–Kier alpha value is -0.783. The van der Waals surface area contributed by atoms with E-state index >= 15 is 0 Å². The molecule has 20 atom stereocenters. The molecule has 12 nitrogen and oxygen atoms in total. The Morgan fingerprint density at radius 2 is 1.51 bits per heavy atom. The van der Waals surface area contributed by atoms with Gasteiger partial charge in [-0.25, -0.2) is 0 Å². The van der Waals surface area contributed by atoms with Crippen LogP contribution in [0.5, 0.6) is 0 Å². The van der Waals surface area contributed by atoms with Crippen LogP contribution < -0.4 is 5.73 Å². The second-order valence-corrected chi connectivity index (χ2v) is 26.2. The molecule has 3 N–H and O–H groups in total. The zero-order valence-corrected chi connectivity index (χ0v) is 37.9. The SMILES string of the molecule is C=C1C[C@@H]2CC[C@@]34C[C@@H]5O[C@H]6[C@@H](O3)[C@H]3OC(CC[C@@H]3O[C@H]6C5O4)CC(O)C[C@H]3[C@H](CC4O[C@@H](CCC1O2)C[C@@H](C)C4=C)OC(C[C@@H](CN)O[Si](C)(C)C(C)(C)C)[C@@H]3OC. The molecule has 10 rings (SSSR count). The second kappa shape index (κ2) is 16.6. The Morgan fingerprint density at radius 3 is 2.27 bits per heavy atom. The van der Waals surface area contributed by atoms with E-state index in [0.29, 0.717) is 44.6 Å². The lowest BCUT2D eigenvalue weighted by Gasteiger charge is -2.47. The molecule has 0 aromatic heterocycles. The minimum absolute atomic E-state index is 0.00138. The summed E-state index contributed by atoms with van der Waals surface area (Å²) in [5.74, 6) is -0.539. The number of hydrogen-bond acceptors (Lipinski definition) is 12. The maximum absolute atomic E-state index is 12.0. The maximum Gasteiger partial charge on any atom is 0.192 e. The van der Waals surface area contributed by atoms with Gasteiger partial charge in [-0.1, -0.05) is 40.9 Å². The Morgan fingerprint density at radius 1 is 0.797 bits per heavy atom. The highest BCUT2D eigenvalue weighted by molar-refractivity contribution is 6.74. The van der Waals surface area contributed by atoms with E-state index in [2.05, 4.69) is 53.9 Å². The first kappa shape index (κ1) is 43.5. The molecule has 10 fully saturated rings. The number of aliphatic hydroxyl groups is 1. The number of nitrogens with two attached hydrogens (primary N) is 1. The zero-order chi connectivity index (χ0) is 41.6. The third kappa shape index (κ3) is 8.39. The van der Waals surface area contributed by atoms with Gasteiger partial charge in [0.05, 0.1) is 73.2 Å². The first-order valence-electron chi connectivity index (χ1n) is 23.3. The lowest BCUT2D eigenvalue weighted by Crippen LogP contribution is -2.61. The van der Waals surface area contributed by atoms with Gasteiger partial charge in [0.15, 0.2) is 14.1 Å². The second-order valence-electron chi connectivity index (χ2n) is 21.5. The van der Waals surface area contributed by atoms with E-state index < -0.39 is 20.2 Å². The molecule has 0 aliphatic carbocycles. The van der Waals surface area contributed by atoms with Gasteiger partial charge >= 0.3 is 0 Å². The summed E-state index contributed by atoms with van der Waals surface area (Å²) >= 11 is 0. The Balaban J connectivity index is 0.983. The lowest BCUT2D eigenvalue weighted by atomic mass is 9.81. The molecule has 6 unspecified atom stereocenters. The topological polar surface area (TPSA) is 139 Å². The Kier molecular flexibility index (Phi) is 12.3. The fraction of sp³-hybridized carbons (Fsp3) is 0.913. The molecule has 334 valence electrons. The zero-order valence-electron chi connectivity index (χ0n) is 36.9. The van der Waals surface area contributed by atoms with Crippen molar-refractivity contribution in [2.75, 3.05) is 13.7 Å². The first-order valence-corrected chi connectivity index (χ1v) is 26.2. The standard InChI is InChI=1S/C46H75NO11Si/c1-24-16-28-10-12-33-25(2)17-30(50-33)14-15-46-22-38-41(56-46)42-43(55-38)44(57-46)40-34(54-42)13-11-29(52-40)18-27(48)19-32-36(21-35(51-28)26(24)3)53-37(39(32)49-7)20-31(23-47)58-59(8,9)45(4,5)6/h24,27-44,48H,2-3,10-23,47H2,1,4-9H3/t24-,27?,28+,29?,30+,31+,32+,33?,34+,35?,36+,37?,38+,39-,40+,41?,42+,43-,44+,46+/m1/s1. The van der Waals surface area contributed by atoms with Crippen LogP contribution in [0.25, 0.3) is 0 Å². The van der Waals surface area contributed by atoms with Crippen molar-refractivity contribution in [1.82, 2.24) is 0 Å². The highest BCUT2D eigenvalue weighted by atomic mass is 28.4. The van der Waals surface area contributed by atoms with Gasteiger partial charge < -0.3 is 57.9 Å². The molecule has 0 amide bonds. The summed E-state index contributed by atoms with van der Waals surface area (Å²) in [6.07, 6.45) is 6.65. The average molecular weight is 846 g/mol. The van der Waals surface area contributed by atoms with Crippen LogP contribution in [0.2, 0.25) is 18.1 Å². The van der Waals surface area contributed by atoms with E-state index in [1.54, 1.807) is 7.11 Å². The normalized spacial score (nSPS) is 49.4. The van der Waals surface area contributed by atoms with Gasteiger partial charge in [0.1, 0.15) is 30.5 Å². The lowest BCUT2D eigenvalue weighted by molar-refractivity contribution is -0.294. The monoisotopic (exact) mass is 846 g/mol. The summed E-state index contributed by atoms with van der Waals surface area (Å²) in [6.45, 7) is 23.0. The molecule has 0 aromatic rings. The van der Waals surface area contributed by atoms with Crippen molar-refractivity contribution in [2.24, 2.45) is 17.6 Å². The van der Waals surface area contributed by atoms with Crippen molar-refractivity contribution < 1.29 is 52.2 Å². The van der Waals surface area contributed by atoms with Gasteiger partial charge in [-0.2, -0.15) is 0 Å². The van der Waals surface area contributed by atoms with Crippen LogP contribution in [-0.4, -0.2) is 137 Å². The number of rotatable bonds is 6. The molecular formula is C46H75NO11Si. The minimum atomic E-state index is -2.10. The Labute approximate surface area is 354 Å². The third-order valence-electron chi connectivity index (χ3n) is 16.4. The predicted octanol–water partition coefficient (Wildman–Crippen LogP) is 6.26. The number of hydrogen-bond donors (Lipinski definition) is 2. The van der Waals surface area contributed by atoms with Gasteiger partial charge in [0.25, 0.3) is 0 Å². The van der Waals surface area contributed by atoms with E-state index in [1.165, 1.54) is 0 Å². The fourth-order valence-corrected chi connectivity index (χ4v) is 13.5. The summed E-state index contributed by atoms with van der Waals surface area (Å²) in [4.78, 5) is 0. The van der Waals surface area contributed by atoms with Gasteiger partial charge in [-0.3, -0.25) is 0 Å². The predicted molar refractivity (Wildman–Crippen MR) is 223 cm³/mol. The largest absolute Gasteiger partial charge is 0.413 e. The molecule has 10 heterocycles. The van der Waals surface area contributed by atoms with E-state index in [9.17, 15) is 5.11 Å². The van der Waals surface area contributed by atoms with E-state index in [0.717, 1.165) is 62.5 Å². The van der Waals surface area contributed by atoms with Crippen molar-refractivity contribution in [1.29, 1.82) is 0 Å². The molecule has 59 heavy (non-hydrogen) atoms. The molecule has 10 saturated heterocycles. The summed E-state index contributed by atoms with van der Waals surface area (Å²) in [7, 11) is -0.334. The summed E-state index contributed by atoms with van der Waals surface area (Å²) in [5.41, 5.74) is 8.70. The molecule has 13 heteroatoms. The van der Waals surface area contributed by atoms with E-state index in [1.807, 2.05) is 0 Å².